The van der Waals surface area contributed by atoms with Crippen molar-refractivity contribution < 1.29 is 14.1 Å². The van der Waals surface area contributed by atoms with Crippen LogP contribution >= 0.6 is 11.6 Å². The van der Waals surface area contributed by atoms with Gasteiger partial charge < -0.3 is 14.6 Å². The summed E-state index contributed by atoms with van der Waals surface area (Å²) in [7, 11) is 1.61. The van der Waals surface area contributed by atoms with Gasteiger partial charge in [-0.15, -0.1) is 0 Å². The van der Waals surface area contributed by atoms with Crippen LogP contribution in [0, 0.1) is 6.92 Å². The van der Waals surface area contributed by atoms with E-state index in [1.54, 1.807) is 32.2 Å². The molecule has 0 spiro atoms. The van der Waals surface area contributed by atoms with Crippen LogP contribution in [0.1, 0.15) is 21.7 Å². The van der Waals surface area contributed by atoms with Gasteiger partial charge in [-0.25, -0.2) is 0 Å². The van der Waals surface area contributed by atoms with Gasteiger partial charge in [-0.3, -0.25) is 4.79 Å². The Bertz CT molecular complexity index is 905. The summed E-state index contributed by atoms with van der Waals surface area (Å²) < 4.78 is 10.4. The van der Waals surface area contributed by atoms with Gasteiger partial charge in [-0.05, 0) is 36.8 Å². The van der Waals surface area contributed by atoms with E-state index in [0.29, 0.717) is 28.6 Å². The van der Waals surface area contributed by atoms with Gasteiger partial charge in [0, 0.05) is 17.1 Å². The summed E-state index contributed by atoms with van der Waals surface area (Å²) in [6.07, 6.45) is 0. The molecule has 1 aromatic heterocycles. The van der Waals surface area contributed by atoms with E-state index >= 15 is 0 Å². The Balaban J connectivity index is 1.81. The molecule has 128 valence electrons. The summed E-state index contributed by atoms with van der Waals surface area (Å²) >= 11 is 6.03. The fourth-order valence-corrected chi connectivity index (χ4v) is 2.72. The van der Waals surface area contributed by atoms with Gasteiger partial charge in [-0.2, -0.15) is 0 Å². The maximum Gasteiger partial charge on any atom is 0.257 e. The number of methoxy groups -OCH3 is 1. The van der Waals surface area contributed by atoms with Crippen LogP contribution in [0.4, 0.5) is 0 Å². The average molecular weight is 357 g/mol. The standard InChI is InChI=1S/C19H17ClN2O3/c1-12-17(18(22-25-12)14-6-4-7-15(20)10-14)19(23)21-11-13-5-3-8-16(9-13)24-2/h3-10H,11H2,1-2H3,(H,21,23). The molecule has 1 heterocycles. The van der Waals surface area contributed by atoms with Gasteiger partial charge in [0.1, 0.15) is 22.8 Å². The van der Waals surface area contributed by atoms with E-state index in [0.717, 1.165) is 16.9 Å². The highest BCUT2D eigenvalue weighted by molar-refractivity contribution is 6.30. The van der Waals surface area contributed by atoms with E-state index < -0.39 is 0 Å². The van der Waals surface area contributed by atoms with Crippen LogP contribution in [0.25, 0.3) is 11.3 Å². The van der Waals surface area contributed by atoms with Crippen molar-refractivity contribution in [3.8, 4) is 17.0 Å². The number of ether oxygens (including phenoxy) is 1. The molecule has 3 aromatic rings. The molecule has 0 aliphatic heterocycles. The Morgan fingerprint density at radius 2 is 2.04 bits per heavy atom. The maximum atomic E-state index is 12.7. The van der Waals surface area contributed by atoms with Crippen LogP contribution in [-0.4, -0.2) is 18.2 Å². The van der Waals surface area contributed by atoms with Crippen LogP contribution < -0.4 is 10.1 Å². The van der Waals surface area contributed by atoms with Gasteiger partial charge in [0.2, 0.25) is 0 Å². The fourth-order valence-electron chi connectivity index (χ4n) is 2.53. The molecule has 0 unspecified atom stereocenters. The average Bonchev–Trinajstić information content (AvgIpc) is 3.01. The van der Waals surface area contributed by atoms with Crippen molar-refractivity contribution in [1.82, 2.24) is 10.5 Å². The van der Waals surface area contributed by atoms with Crippen molar-refractivity contribution in [3.63, 3.8) is 0 Å². The van der Waals surface area contributed by atoms with Gasteiger partial charge in [-0.1, -0.05) is 41.0 Å². The third kappa shape index (κ3) is 3.83. The second kappa shape index (κ2) is 7.40. The lowest BCUT2D eigenvalue weighted by molar-refractivity contribution is 0.0950. The monoisotopic (exact) mass is 356 g/mol. The number of hydrogen-bond donors (Lipinski definition) is 1. The first-order chi connectivity index (χ1) is 12.1. The zero-order chi connectivity index (χ0) is 17.8. The lowest BCUT2D eigenvalue weighted by Crippen LogP contribution is -2.23. The lowest BCUT2D eigenvalue weighted by Gasteiger charge is -2.07. The number of hydrogen-bond acceptors (Lipinski definition) is 4. The van der Waals surface area contributed by atoms with Crippen molar-refractivity contribution in [1.29, 1.82) is 0 Å². The number of benzene rings is 2. The summed E-state index contributed by atoms with van der Waals surface area (Å²) in [5, 5.41) is 7.48. The molecule has 0 saturated heterocycles. The number of aromatic nitrogens is 1. The molecule has 0 aliphatic rings. The number of aryl methyl sites for hydroxylation is 1. The number of nitrogens with one attached hydrogen (secondary N) is 1. The van der Waals surface area contributed by atoms with E-state index in [2.05, 4.69) is 10.5 Å². The minimum Gasteiger partial charge on any atom is -0.497 e. The first-order valence-electron chi connectivity index (χ1n) is 7.72. The minimum absolute atomic E-state index is 0.253. The Kier molecular flexibility index (Phi) is 5.05. The Morgan fingerprint density at radius 1 is 1.24 bits per heavy atom. The summed E-state index contributed by atoms with van der Waals surface area (Å²) in [5.41, 5.74) is 2.55. The number of rotatable bonds is 5. The topological polar surface area (TPSA) is 64.4 Å². The van der Waals surface area contributed by atoms with Crippen molar-refractivity contribution >= 4 is 17.5 Å². The zero-order valence-corrected chi connectivity index (χ0v) is 14.6. The quantitative estimate of drug-likeness (QED) is 0.742. The Labute approximate surface area is 150 Å². The molecule has 25 heavy (non-hydrogen) atoms. The molecule has 1 N–H and O–H groups in total. The van der Waals surface area contributed by atoms with E-state index in [1.165, 1.54) is 0 Å². The molecule has 0 saturated carbocycles. The van der Waals surface area contributed by atoms with Crippen LogP contribution in [0.2, 0.25) is 5.02 Å². The van der Waals surface area contributed by atoms with Gasteiger partial charge >= 0.3 is 0 Å². The third-order valence-electron chi connectivity index (χ3n) is 3.78. The summed E-state index contributed by atoms with van der Waals surface area (Å²) in [6, 6.07) is 14.7. The first-order valence-corrected chi connectivity index (χ1v) is 8.09. The molecular formula is C19H17ClN2O3. The summed E-state index contributed by atoms with van der Waals surface area (Å²) in [6.45, 7) is 2.08. The van der Waals surface area contributed by atoms with Gasteiger partial charge in [0.05, 0.1) is 7.11 Å². The number of amides is 1. The van der Waals surface area contributed by atoms with E-state index in [4.69, 9.17) is 20.9 Å². The largest absolute Gasteiger partial charge is 0.497 e. The van der Waals surface area contributed by atoms with Crippen LogP contribution in [0.3, 0.4) is 0 Å². The van der Waals surface area contributed by atoms with Gasteiger partial charge in [0.25, 0.3) is 5.91 Å². The SMILES string of the molecule is COc1cccc(CNC(=O)c2c(-c3cccc(Cl)c3)noc2C)c1. The van der Waals surface area contributed by atoms with Crippen LogP contribution in [0.15, 0.2) is 53.1 Å². The molecule has 1 amide bonds. The molecule has 0 aliphatic carbocycles. The van der Waals surface area contributed by atoms with E-state index in [-0.39, 0.29) is 5.91 Å². The van der Waals surface area contributed by atoms with Crippen molar-refractivity contribution in [2.75, 3.05) is 7.11 Å². The summed E-state index contributed by atoms with van der Waals surface area (Å²) in [4.78, 5) is 12.7. The van der Waals surface area contributed by atoms with Crippen LogP contribution in [-0.2, 0) is 6.54 Å². The molecule has 0 fully saturated rings. The smallest absolute Gasteiger partial charge is 0.257 e. The first kappa shape index (κ1) is 17.0. The molecule has 0 atom stereocenters. The number of nitrogens with zero attached hydrogens (tertiary/aromatic N) is 1. The molecule has 0 radical (unpaired) electrons. The normalized spacial score (nSPS) is 10.5. The van der Waals surface area contributed by atoms with E-state index in [9.17, 15) is 4.79 Å². The van der Waals surface area contributed by atoms with Crippen molar-refractivity contribution in [2.45, 2.75) is 13.5 Å². The van der Waals surface area contributed by atoms with Crippen molar-refractivity contribution in [3.05, 3.63) is 70.4 Å². The van der Waals surface area contributed by atoms with Crippen LogP contribution in [0.5, 0.6) is 5.75 Å². The minimum atomic E-state index is -0.253. The molecule has 6 heteroatoms. The number of carbonyl (C=O) groups excluding carboxylic acids is 1. The lowest BCUT2D eigenvalue weighted by atomic mass is 10.1. The van der Waals surface area contributed by atoms with Gasteiger partial charge in [0.15, 0.2) is 0 Å². The predicted octanol–water partition coefficient (Wildman–Crippen LogP) is 4.24. The Morgan fingerprint density at radius 3 is 2.80 bits per heavy atom. The maximum absolute atomic E-state index is 12.7. The number of carbonyl (C=O) groups is 1. The summed E-state index contributed by atoms with van der Waals surface area (Å²) in [5.74, 6) is 0.946. The highest BCUT2D eigenvalue weighted by Gasteiger charge is 2.21. The molecule has 5 nitrogen and oxygen atoms in total. The zero-order valence-electron chi connectivity index (χ0n) is 13.9. The second-order valence-corrected chi connectivity index (χ2v) is 5.94. The highest BCUT2D eigenvalue weighted by Crippen LogP contribution is 2.27. The highest BCUT2D eigenvalue weighted by atomic mass is 35.5. The molecule has 0 bridgehead atoms. The second-order valence-electron chi connectivity index (χ2n) is 5.51. The third-order valence-corrected chi connectivity index (χ3v) is 4.01. The molecular weight excluding hydrogens is 340 g/mol. The molecule has 3 rings (SSSR count). The molecule has 2 aromatic carbocycles. The predicted molar refractivity (Wildman–Crippen MR) is 95.9 cm³/mol. The fraction of sp³-hybridized carbons (Fsp3) is 0.158. The Hall–Kier alpha value is -2.79. The van der Waals surface area contributed by atoms with E-state index in [1.807, 2.05) is 30.3 Å². The number of halogens is 1. The van der Waals surface area contributed by atoms with Crippen molar-refractivity contribution in [2.24, 2.45) is 0 Å².